The summed E-state index contributed by atoms with van der Waals surface area (Å²) in [5, 5.41) is 20.3. The number of hydrogen-bond donors (Lipinski definition) is 2. The number of rotatable bonds is 7. The third-order valence-electron chi connectivity index (χ3n) is 6.56. The maximum Gasteiger partial charge on any atom is 0.273 e. The van der Waals surface area contributed by atoms with Gasteiger partial charge >= 0.3 is 0 Å². The van der Waals surface area contributed by atoms with E-state index in [2.05, 4.69) is 26.8 Å². The van der Waals surface area contributed by atoms with Crippen molar-refractivity contribution in [1.82, 2.24) is 20.4 Å². The molecular formula is C29H34N6O3. The summed E-state index contributed by atoms with van der Waals surface area (Å²) in [5.41, 5.74) is 2.45. The zero-order valence-electron chi connectivity index (χ0n) is 22.4. The quantitative estimate of drug-likeness (QED) is 0.574. The van der Waals surface area contributed by atoms with Gasteiger partial charge in [0.05, 0.1) is 24.7 Å². The fraction of sp³-hybridized carbons (Fsp3) is 0.414. The van der Waals surface area contributed by atoms with Gasteiger partial charge in [-0.15, -0.1) is 0 Å². The van der Waals surface area contributed by atoms with E-state index in [-0.39, 0.29) is 18.1 Å². The Morgan fingerprint density at radius 2 is 2.00 bits per heavy atom. The molecule has 1 aromatic carbocycles. The van der Waals surface area contributed by atoms with E-state index >= 15 is 0 Å². The van der Waals surface area contributed by atoms with E-state index in [0.29, 0.717) is 31.2 Å². The summed E-state index contributed by atoms with van der Waals surface area (Å²) in [6, 6.07) is 8.98. The summed E-state index contributed by atoms with van der Waals surface area (Å²) in [6.45, 7) is 8.89. The lowest BCUT2D eigenvalue weighted by atomic mass is 9.86. The molecule has 0 fully saturated rings. The summed E-state index contributed by atoms with van der Waals surface area (Å²) in [4.78, 5) is 31.0. The van der Waals surface area contributed by atoms with Gasteiger partial charge in [-0.3, -0.25) is 19.3 Å². The Balaban J connectivity index is 1.52. The average Bonchev–Trinajstić information content (AvgIpc) is 3.12. The predicted octanol–water partition coefficient (Wildman–Crippen LogP) is 4.19. The molecule has 198 valence electrons. The topological polar surface area (TPSA) is 121 Å². The molecule has 2 aromatic rings. The van der Waals surface area contributed by atoms with E-state index in [4.69, 9.17) is 10.00 Å². The fourth-order valence-corrected chi connectivity index (χ4v) is 4.48. The van der Waals surface area contributed by atoms with Gasteiger partial charge in [0, 0.05) is 24.4 Å². The minimum atomic E-state index is -0.796. The molecular weight excluding hydrogens is 480 g/mol. The number of carbonyl (C=O) groups excluding carboxylic acids is 2. The van der Waals surface area contributed by atoms with Crippen LogP contribution in [0.1, 0.15) is 57.4 Å². The molecule has 2 amide bonds. The fourth-order valence-electron chi connectivity index (χ4n) is 4.48. The Morgan fingerprint density at radius 1 is 1.21 bits per heavy atom. The van der Waals surface area contributed by atoms with Crippen molar-refractivity contribution in [3.05, 3.63) is 65.1 Å². The van der Waals surface area contributed by atoms with Crippen molar-refractivity contribution in [2.45, 2.75) is 59.5 Å². The standard InChI is InChI=1S/C29H34N6O3/c1-19-31-15-7-8-22(38-19)17-32-28(37)26(29(2,3)4)33-27(36)25-23-9-5-6-10-24(23)35(34-25)18-21-13-11-20(16-30)12-14-21/h5-6,8-11,13,26H,7,12,14-15,17-18H2,1-4H3,(H,32,37)(H,33,36)/t26-/m1/s1. The van der Waals surface area contributed by atoms with Crippen LogP contribution in [0.4, 0.5) is 0 Å². The molecule has 0 unspecified atom stereocenters. The third kappa shape index (κ3) is 6.38. The summed E-state index contributed by atoms with van der Waals surface area (Å²) >= 11 is 0. The van der Waals surface area contributed by atoms with E-state index in [0.717, 1.165) is 34.9 Å². The molecule has 4 rings (SSSR count). The van der Waals surface area contributed by atoms with Gasteiger partial charge in [-0.1, -0.05) is 45.0 Å². The van der Waals surface area contributed by atoms with Gasteiger partial charge in [0.15, 0.2) is 11.6 Å². The normalized spacial score (nSPS) is 16.6. The molecule has 2 heterocycles. The molecule has 1 aliphatic carbocycles. The van der Waals surface area contributed by atoms with E-state index < -0.39 is 17.4 Å². The highest BCUT2D eigenvalue weighted by Crippen LogP contribution is 2.25. The zero-order valence-corrected chi connectivity index (χ0v) is 22.4. The minimum absolute atomic E-state index is 0.211. The number of nitrogens with one attached hydrogen (secondary N) is 2. The lowest BCUT2D eigenvalue weighted by Gasteiger charge is -2.30. The second-order valence-electron chi connectivity index (χ2n) is 10.6. The smallest absolute Gasteiger partial charge is 0.273 e. The highest BCUT2D eigenvalue weighted by Gasteiger charge is 2.34. The lowest BCUT2D eigenvalue weighted by Crippen LogP contribution is -2.54. The van der Waals surface area contributed by atoms with E-state index in [1.807, 2.05) is 67.9 Å². The molecule has 0 saturated heterocycles. The van der Waals surface area contributed by atoms with Gasteiger partial charge in [0.2, 0.25) is 5.91 Å². The van der Waals surface area contributed by atoms with Crippen molar-refractivity contribution >= 4 is 28.6 Å². The third-order valence-corrected chi connectivity index (χ3v) is 6.56. The number of ether oxygens (including phenoxy) is 1. The second kappa shape index (κ2) is 11.5. The average molecular weight is 515 g/mol. The molecule has 38 heavy (non-hydrogen) atoms. The number of nitriles is 1. The summed E-state index contributed by atoms with van der Waals surface area (Å²) < 4.78 is 7.49. The lowest BCUT2D eigenvalue weighted by molar-refractivity contribution is -0.125. The van der Waals surface area contributed by atoms with Crippen LogP contribution in [0, 0.1) is 16.7 Å². The first-order valence-corrected chi connectivity index (χ1v) is 12.9. The van der Waals surface area contributed by atoms with Crippen molar-refractivity contribution in [3.8, 4) is 6.07 Å². The van der Waals surface area contributed by atoms with Crippen LogP contribution in [0.2, 0.25) is 0 Å². The Morgan fingerprint density at radius 3 is 2.71 bits per heavy atom. The molecule has 2 N–H and O–H groups in total. The summed E-state index contributed by atoms with van der Waals surface area (Å²) in [7, 11) is 0. The number of amides is 2. The Hall–Kier alpha value is -4.19. The first-order chi connectivity index (χ1) is 18.2. The maximum atomic E-state index is 13.5. The molecule has 1 atom stereocenters. The second-order valence-corrected chi connectivity index (χ2v) is 10.6. The van der Waals surface area contributed by atoms with Crippen LogP contribution >= 0.6 is 0 Å². The van der Waals surface area contributed by atoms with Gasteiger partial charge in [-0.05, 0) is 48.5 Å². The van der Waals surface area contributed by atoms with Gasteiger partial charge in [0.25, 0.3) is 5.91 Å². The SMILES string of the molecule is CC1=NCCC=C(CNC(=O)[C@@H](NC(=O)c2nn(CC3=CC=C(C#N)CC3)c3ccccc23)C(C)(C)C)O1. The maximum absolute atomic E-state index is 13.5. The van der Waals surface area contributed by atoms with Crippen LogP contribution in [-0.2, 0) is 16.1 Å². The van der Waals surface area contributed by atoms with Crippen LogP contribution in [0.25, 0.3) is 10.9 Å². The summed E-state index contributed by atoms with van der Waals surface area (Å²) in [5.74, 6) is 0.490. The van der Waals surface area contributed by atoms with Crippen molar-refractivity contribution in [1.29, 1.82) is 5.26 Å². The first kappa shape index (κ1) is 26.9. The molecule has 1 aliphatic heterocycles. The Kier molecular flexibility index (Phi) is 8.10. The molecule has 0 bridgehead atoms. The van der Waals surface area contributed by atoms with Crippen molar-refractivity contribution in [2.24, 2.45) is 10.4 Å². The Bertz CT molecular complexity index is 1400. The van der Waals surface area contributed by atoms with E-state index in [9.17, 15) is 9.59 Å². The van der Waals surface area contributed by atoms with Crippen molar-refractivity contribution in [3.63, 3.8) is 0 Å². The van der Waals surface area contributed by atoms with Crippen LogP contribution < -0.4 is 10.6 Å². The number of para-hydroxylation sites is 1. The number of benzene rings is 1. The highest BCUT2D eigenvalue weighted by molar-refractivity contribution is 6.06. The largest absolute Gasteiger partial charge is 0.446 e. The van der Waals surface area contributed by atoms with Gasteiger partial charge < -0.3 is 15.4 Å². The molecule has 9 nitrogen and oxygen atoms in total. The number of allylic oxidation sites excluding steroid dienone is 4. The molecule has 0 spiro atoms. The number of fused-ring (bicyclic) bond motifs is 1. The van der Waals surface area contributed by atoms with Crippen LogP contribution in [0.15, 0.2) is 64.4 Å². The number of aromatic nitrogens is 2. The van der Waals surface area contributed by atoms with Crippen molar-refractivity contribution < 1.29 is 14.3 Å². The molecule has 9 heteroatoms. The number of hydrogen-bond acceptors (Lipinski definition) is 6. The Labute approximate surface area is 222 Å². The zero-order chi connectivity index (χ0) is 27.3. The minimum Gasteiger partial charge on any atom is -0.446 e. The van der Waals surface area contributed by atoms with Gasteiger partial charge in [0.1, 0.15) is 11.8 Å². The van der Waals surface area contributed by atoms with Crippen LogP contribution in [0.3, 0.4) is 0 Å². The molecule has 1 aromatic heterocycles. The highest BCUT2D eigenvalue weighted by atomic mass is 16.5. The van der Waals surface area contributed by atoms with Gasteiger partial charge in [-0.25, -0.2) is 0 Å². The number of carbonyl (C=O) groups is 2. The van der Waals surface area contributed by atoms with Crippen LogP contribution in [0.5, 0.6) is 0 Å². The summed E-state index contributed by atoms with van der Waals surface area (Å²) in [6.07, 6.45) is 7.93. The van der Waals surface area contributed by atoms with Crippen molar-refractivity contribution in [2.75, 3.05) is 13.1 Å². The predicted molar refractivity (Wildman–Crippen MR) is 146 cm³/mol. The first-order valence-electron chi connectivity index (χ1n) is 12.9. The number of aliphatic imine (C=N–C) groups is 1. The van der Waals surface area contributed by atoms with Gasteiger partial charge in [-0.2, -0.15) is 10.4 Å². The molecule has 2 aliphatic rings. The monoisotopic (exact) mass is 514 g/mol. The molecule has 0 saturated carbocycles. The van der Waals surface area contributed by atoms with E-state index in [1.165, 1.54) is 0 Å². The van der Waals surface area contributed by atoms with Crippen LogP contribution in [-0.4, -0.2) is 46.6 Å². The number of nitrogens with zero attached hydrogens (tertiary/aromatic N) is 4. The molecule has 0 radical (unpaired) electrons. The van der Waals surface area contributed by atoms with E-state index in [1.54, 1.807) is 6.92 Å².